The predicted molar refractivity (Wildman–Crippen MR) is 72.1 cm³/mol. The van der Waals surface area contributed by atoms with Gasteiger partial charge < -0.3 is 15.5 Å². The van der Waals surface area contributed by atoms with Crippen LogP contribution < -0.4 is 5.32 Å². The van der Waals surface area contributed by atoms with Crippen LogP contribution >= 0.6 is 11.3 Å². The Bertz CT molecular complexity index is 611. The van der Waals surface area contributed by atoms with Gasteiger partial charge in [-0.15, -0.1) is 11.3 Å². The van der Waals surface area contributed by atoms with E-state index in [-0.39, 0.29) is 24.1 Å². The Labute approximate surface area is 113 Å². The van der Waals surface area contributed by atoms with Crippen LogP contribution in [-0.2, 0) is 6.54 Å². The number of carbonyl (C=O) groups is 1. The Kier molecular flexibility index (Phi) is 4.14. The fourth-order valence-corrected chi connectivity index (χ4v) is 2.92. The van der Waals surface area contributed by atoms with E-state index in [1.807, 2.05) is 0 Å². The normalized spacial score (nSPS) is 12.8. The van der Waals surface area contributed by atoms with E-state index >= 15 is 0 Å². The van der Waals surface area contributed by atoms with Crippen LogP contribution in [0.15, 0.2) is 18.2 Å². The third-order valence-electron chi connectivity index (χ3n) is 2.86. The highest BCUT2D eigenvalue weighted by molar-refractivity contribution is 7.21. The molecule has 102 valence electrons. The molecule has 0 saturated carbocycles. The van der Waals surface area contributed by atoms with E-state index in [9.17, 15) is 14.3 Å². The number of aliphatic hydroxyl groups is 1. The molecule has 0 aliphatic heterocycles. The van der Waals surface area contributed by atoms with Crippen LogP contribution in [0.3, 0.4) is 0 Å². The number of fused-ring (bicyclic) bond motifs is 1. The maximum Gasteiger partial charge on any atom is 0.346 e. The Morgan fingerprint density at radius 2 is 2.26 bits per heavy atom. The minimum absolute atomic E-state index is 0.0625. The minimum atomic E-state index is -1.06. The fraction of sp³-hybridized carbons (Fsp3) is 0.308. The molecule has 1 aromatic carbocycles. The van der Waals surface area contributed by atoms with Gasteiger partial charge in [-0.05, 0) is 19.1 Å². The molecule has 0 spiro atoms. The van der Waals surface area contributed by atoms with Crippen molar-refractivity contribution in [1.29, 1.82) is 0 Å². The summed E-state index contributed by atoms with van der Waals surface area (Å²) in [6, 6.07) is 4.41. The molecule has 1 unspecified atom stereocenters. The lowest BCUT2D eigenvalue weighted by Gasteiger charge is -2.10. The molecule has 1 aromatic heterocycles. The zero-order valence-electron chi connectivity index (χ0n) is 10.3. The van der Waals surface area contributed by atoms with E-state index in [1.54, 1.807) is 19.1 Å². The Balaban J connectivity index is 2.48. The fourth-order valence-electron chi connectivity index (χ4n) is 1.85. The quantitative estimate of drug-likeness (QED) is 0.787. The molecular weight excluding hydrogens is 269 g/mol. The van der Waals surface area contributed by atoms with E-state index in [0.717, 1.165) is 11.3 Å². The summed E-state index contributed by atoms with van der Waals surface area (Å²) in [5, 5.41) is 21.5. The van der Waals surface area contributed by atoms with Crippen molar-refractivity contribution in [2.45, 2.75) is 19.5 Å². The monoisotopic (exact) mass is 283 g/mol. The molecule has 3 N–H and O–H groups in total. The van der Waals surface area contributed by atoms with Crippen molar-refractivity contribution >= 4 is 27.4 Å². The lowest BCUT2D eigenvalue weighted by atomic mass is 10.1. The first-order valence-corrected chi connectivity index (χ1v) is 6.63. The number of carboxylic acids is 1. The van der Waals surface area contributed by atoms with Gasteiger partial charge in [0.15, 0.2) is 0 Å². The Hall–Kier alpha value is -1.50. The van der Waals surface area contributed by atoms with Gasteiger partial charge in [0.25, 0.3) is 0 Å². The third-order valence-corrected chi connectivity index (χ3v) is 4.04. The maximum absolute atomic E-state index is 13.9. The van der Waals surface area contributed by atoms with Crippen LogP contribution in [0.5, 0.6) is 0 Å². The largest absolute Gasteiger partial charge is 0.477 e. The van der Waals surface area contributed by atoms with Crippen molar-refractivity contribution in [3.63, 3.8) is 0 Å². The summed E-state index contributed by atoms with van der Waals surface area (Å²) in [7, 11) is 0. The van der Waals surface area contributed by atoms with Crippen LogP contribution in [0.4, 0.5) is 4.39 Å². The molecule has 1 atom stereocenters. The lowest BCUT2D eigenvalue weighted by molar-refractivity contribution is 0.0701. The maximum atomic E-state index is 13.9. The van der Waals surface area contributed by atoms with E-state index in [1.165, 1.54) is 6.07 Å². The van der Waals surface area contributed by atoms with Crippen LogP contribution in [-0.4, -0.2) is 28.8 Å². The van der Waals surface area contributed by atoms with Crippen molar-refractivity contribution in [3.05, 3.63) is 34.5 Å². The van der Waals surface area contributed by atoms with Crippen LogP contribution in [0.25, 0.3) is 10.1 Å². The van der Waals surface area contributed by atoms with Crippen molar-refractivity contribution in [2.75, 3.05) is 6.61 Å². The van der Waals surface area contributed by atoms with E-state index < -0.39 is 11.8 Å². The van der Waals surface area contributed by atoms with Gasteiger partial charge in [-0.2, -0.15) is 0 Å². The third kappa shape index (κ3) is 2.75. The Morgan fingerprint density at radius 3 is 2.89 bits per heavy atom. The zero-order valence-corrected chi connectivity index (χ0v) is 11.1. The standard InChI is InChI=1S/C13H14FNO3S/c1-7(6-16)15-5-8-11-9(14)3-2-4-10(11)19-12(8)13(17)18/h2-4,7,15-16H,5-6H2,1H3,(H,17,18). The van der Waals surface area contributed by atoms with Crippen LogP contribution in [0.1, 0.15) is 22.2 Å². The van der Waals surface area contributed by atoms with Crippen molar-refractivity contribution in [2.24, 2.45) is 0 Å². The number of halogens is 1. The van der Waals surface area contributed by atoms with E-state index in [4.69, 9.17) is 5.11 Å². The van der Waals surface area contributed by atoms with Crippen molar-refractivity contribution in [1.82, 2.24) is 5.32 Å². The van der Waals surface area contributed by atoms with Gasteiger partial charge in [0.2, 0.25) is 0 Å². The van der Waals surface area contributed by atoms with Gasteiger partial charge in [-0.3, -0.25) is 0 Å². The first-order valence-electron chi connectivity index (χ1n) is 5.82. The van der Waals surface area contributed by atoms with Gasteiger partial charge in [0.1, 0.15) is 10.7 Å². The predicted octanol–water partition coefficient (Wildman–Crippen LogP) is 2.21. The van der Waals surface area contributed by atoms with Crippen molar-refractivity contribution < 1.29 is 19.4 Å². The lowest BCUT2D eigenvalue weighted by Crippen LogP contribution is -2.29. The molecule has 2 rings (SSSR count). The summed E-state index contributed by atoms with van der Waals surface area (Å²) in [6.07, 6.45) is 0. The highest BCUT2D eigenvalue weighted by atomic mass is 32.1. The number of aliphatic hydroxyl groups excluding tert-OH is 1. The molecule has 6 heteroatoms. The molecule has 0 amide bonds. The first kappa shape index (κ1) is 13.9. The van der Waals surface area contributed by atoms with Crippen molar-refractivity contribution in [3.8, 4) is 0 Å². The summed E-state index contributed by atoms with van der Waals surface area (Å²) >= 11 is 1.06. The topological polar surface area (TPSA) is 69.6 Å². The number of carboxylic acid groups (broad SMARTS) is 1. The number of hydrogen-bond acceptors (Lipinski definition) is 4. The molecule has 2 aromatic rings. The van der Waals surface area contributed by atoms with E-state index in [0.29, 0.717) is 15.6 Å². The minimum Gasteiger partial charge on any atom is -0.477 e. The number of hydrogen-bond donors (Lipinski definition) is 3. The molecule has 0 radical (unpaired) electrons. The summed E-state index contributed by atoms with van der Waals surface area (Å²) in [5.74, 6) is -1.48. The smallest absolute Gasteiger partial charge is 0.346 e. The van der Waals surface area contributed by atoms with Gasteiger partial charge in [-0.1, -0.05) is 6.07 Å². The second-order valence-electron chi connectivity index (χ2n) is 4.29. The van der Waals surface area contributed by atoms with Gasteiger partial charge in [0.05, 0.1) is 6.61 Å². The average molecular weight is 283 g/mol. The van der Waals surface area contributed by atoms with Crippen LogP contribution in [0.2, 0.25) is 0 Å². The highest BCUT2D eigenvalue weighted by Gasteiger charge is 2.20. The van der Waals surface area contributed by atoms with Crippen LogP contribution in [0, 0.1) is 5.82 Å². The molecule has 19 heavy (non-hydrogen) atoms. The number of benzene rings is 1. The molecule has 0 aliphatic rings. The van der Waals surface area contributed by atoms with Gasteiger partial charge >= 0.3 is 5.97 Å². The summed E-state index contributed by atoms with van der Waals surface area (Å²) in [4.78, 5) is 11.4. The second kappa shape index (κ2) is 5.64. The average Bonchev–Trinajstić information content (AvgIpc) is 2.76. The summed E-state index contributed by atoms with van der Waals surface area (Å²) in [6.45, 7) is 1.92. The zero-order chi connectivity index (χ0) is 14.0. The number of aromatic carboxylic acids is 1. The molecular formula is C13H14FNO3S. The highest BCUT2D eigenvalue weighted by Crippen LogP contribution is 2.33. The molecule has 1 heterocycles. The molecule has 0 bridgehead atoms. The van der Waals surface area contributed by atoms with Gasteiger partial charge in [0, 0.05) is 28.2 Å². The SMILES string of the molecule is CC(CO)NCc1c(C(=O)O)sc2cccc(F)c12. The second-order valence-corrected chi connectivity index (χ2v) is 5.34. The van der Waals surface area contributed by atoms with Gasteiger partial charge in [-0.25, -0.2) is 9.18 Å². The summed E-state index contributed by atoms with van der Waals surface area (Å²) in [5.41, 5.74) is 0.436. The number of rotatable bonds is 5. The summed E-state index contributed by atoms with van der Waals surface area (Å²) < 4.78 is 14.5. The van der Waals surface area contributed by atoms with E-state index in [2.05, 4.69) is 5.32 Å². The molecule has 0 fully saturated rings. The first-order chi connectivity index (χ1) is 9.04. The number of nitrogens with one attached hydrogen (secondary N) is 1. The number of thiophene rings is 1. The molecule has 4 nitrogen and oxygen atoms in total. The molecule has 0 aliphatic carbocycles. The Morgan fingerprint density at radius 1 is 1.53 bits per heavy atom. The molecule has 0 saturated heterocycles.